The van der Waals surface area contributed by atoms with Crippen molar-refractivity contribution in [3.05, 3.63) is 35.6 Å². The third kappa shape index (κ3) is 2.64. The molecule has 1 heterocycles. The van der Waals surface area contributed by atoms with Gasteiger partial charge in [-0.2, -0.15) is 0 Å². The van der Waals surface area contributed by atoms with Gasteiger partial charge in [0.25, 0.3) is 0 Å². The molecule has 1 aliphatic heterocycles. The first kappa shape index (κ1) is 15.5. The van der Waals surface area contributed by atoms with Crippen LogP contribution in [-0.2, 0) is 9.59 Å². The fourth-order valence-corrected chi connectivity index (χ4v) is 2.89. The summed E-state index contributed by atoms with van der Waals surface area (Å²) in [6.45, 7) is 5.47. The van der Waals surface area contributed by atoms with Crippen LogP contribution in [0.15, 0.2) is 24.3 Å². The molecule has 1 N–H and O–H groups in total. The molecule has 1 atom stereocenters. The minimum absolute atomic E-state index is 0.0317. The zero-order valence-corrected chi connectivity index (χ0v) is 12.6. The van der Waals surface area contributed by atoms with Gasteiger partial charge in [0.15, 0.2) is 0 Å². The number of carbonyl (C=O) groups is 2. The van der Waals surface area contributed by atoms with E-state index in [0.29, 0.717) is 18.4 Å². The monoisotopic (exact) mass is 292 g/mol. The second-order valence-corrected chi connectivity index (χ2v) is 5.47. The van der Waals surface area contributed by atoms with E-state index in [0.717, 1.165) is 0 Å². The van der Waals surface area contributed by atoms with E-state index in [2.05, 4.69) is 5.32 Å². The van der Waals surface area contributed by atoms with Gasteiger partial charge in [0.1, 0.15) is 17.9 Å². The van der Waals surface area contributed by atoms with Crippen molar-refractivity contribution in [2.24, 2.45) is 0 Å². The number of piperazine rings is 1. The van der Waals surface area contributed by atoms with Gasteiger partial charge in [-0.25, -0.2) is 4.39 Å². The van der Waals surface area contributed by atoms with Crippen LogP contribution >= 0.6 is 0 Å². The van der Waals surface area contributed by atoms with Crippen LogP contribution in [0.4, 0.5) is 4.39 Å². The second kappa shape index (κ2) is 5.84. The van der Waals surface area contributed by atoms with Gasteiger partial charge in [-0.05, 0) is 25.8 Å². The maximum Gasteiger partial charge on any atom is 0.249 e. The molecule has 2 rings (SSSR count). The molecule has 1 aromatic rings. The summed E-state index contributed by atoms with van der Waals surface area (Å²) in [6, 6.07) is 5.89. The Morgan fingerprint density at radius 1 is 1.29 bits per heavy atom. The molecule has 1 fully saturated rings. The number of nitrogens with one attached hydrogen (secondary N) is 1. The van der Waals surface area contributed by atoms with E-state index in [1.54, 1.807) is 25.1 Å². The maximum absolute atomic E-state index is 13.9. The average Bonchev–Trinajstić information content (AvgIpc) is 2.49. The summed E-state index contributed by atoms with van der Waals surface area (Å²) in [5, 5.41) is 2.81. The number of nitrogens with zero attached hydrogens (tertiary/aromatic N) is 1. The van der Waals surface area contributed by atoms with Gasteiger partial charge in [-0.3, -0.25) is 9.59 Å². The Bertz CT molecular complexity index is 555. The molecule has 0 aromatic heterocycles. The maximum atomic E-state index is 13.9. The standard InChI is InChI=1S/C16H21FN2O2/c1-4-16(5-2)15(21)19(10-14(20)18-16)11(3)12-8-6-7-9-13(12)17/h6-9,11H,4-5,10H2,1-3H3,(H,18,20). The Morgan fingerprint density at radius 3 is 2.48 bits per heavy atom. The molecule has 0 aliphatic carbocycles. The summed E-state index contributed by atoms with van der Waals surface area (Å²) >= 11 is 0. The Kier molecular flexibility index (Phi) is 4.30. The van der Waals surface area contributed by atoms with Crippen LogP contribution in [0.2, 0.25) is 0 Å². The van der Waals surface area contributed by atoms with E-state index in [1.807, 2.05) is 13.8 Å². The fraction of sp³-hybridized carbons (Fsp3) is 0.500. The number of rotatable bonds is 4. The topological polar surface area (TPSA) is 49.4 Å². The van der Waals surface area contributed by atoms with Gasteiger partial charge >= 0.3 is 0 Å². The first-order valence-electron chi connectivity index (χ1n) is 7.31. The van der Waals surface area contributed by atoms with Crippen molar-refractivity contribution in [2.45, 2.75) is 45.2 Å². The normalized spacial score (nSPS) is 19.3. The van der Waals surface area contributed by atoms with Crippen LogP contribution in [0.1, 0.15) is 45.2 Å². The molecule has 0 bridgehead atoms. The van der Waals surface area contributed by atoms with Crippen molar-refractivity contribution >= 4 is 11.8 Å². The summed E-state index contributed by atoms with van der Waals surface area (Å²) in [5.41, 5.74) is -0.434. The lowest BCUT2D eigenvalue weighted by molar-refractivity contribution is -0.152. The van der Waals surface area contributed by atoms with Gasteiger partial charge < -0.3 is 10.2 Å². The van der Waals surface area contributed by atoms with E-state index in [-0.39, 0.29) is 24.2 Å². The fourth-order valence-electron chi connectivity index (χ4n) is 2.89. The average molecular weight is 292 g/mol. The molecule has 0 saturated carbocycles. The molecular formula is C16H21FN2O2. The SMILES string of the molecule is CCC1(CC)NC(=O)CN(C(C)c2ccccc2F)C1=O. The van der Waals surface area contributed by atoms with Crippen molar-refractivity contribution in [3.8, 4) is 0 Å². The number of hydrogen-bond donors (Lipinski definition) is 1. The molecule has 1 aromatic carbocycles. The molecule has 1 aliphatic rings. The van der Waals surface area contributed by atoms with E-state index >= 15 is 0 Å². The van der Waals surface area contributed by atoms with Crippen molar-refractivity contribution in [3.63, 3.8) is 0 Å². The number of amides is 2. The molecular weight excluding hydrogens is 271 g/mol. The summed E-state index contributed by atoms with van der Waals surface area (Å²) in [6.07, 6.45) is 1.04. The Labute approximate surface area is 124 Å². The van der Waals surface area contributed by atoms with Crippen molar-refractivity contribution in [1.29, 1.82) is 0 Å². The molecule has 0 spiro atoms. The zero-order chi connectivity index (χ0) is 15.6. The summed E-state index contributed by atoms with van der Waals surface area (Å²) in [7, 11) is 0. The molecule has 5 heteroatoms. The first-order chi connectivity index (χ1) is 9.95. The number of carbonyl (C=O) groups excluding carboxylic acids is 2. The predicted octanol–water partition coefficient (Wildman–Crippen LogP) is 2.40. The number of halogens is 1. The van der Waals surface area contributed by atoms with Gasteiger partial charge in [0, 0.05) is 5.56 Å². The van der Waals surface area contributed by atoms with Gasteiger partial charge in [0.2, 0.25) is 11.8 Å². The highest BCUT2D eigenvalue weighted by Gasteiger charge is 2.45. The molecule has 114 valence electrons. The minimum Gasteiger partial charge on any atom is -0.340 e. The third-order valence-corrected chi connectivity index (χ3v) is 4.39. The highest BCUT2D eigenvalue weighted by molar-refractivity contribution is 5.98. The van der Waals surface area contributed by atoms with Gasteiger partial charge in [-0.15, -0.1) is 0 Å². The third-order valence-electron chi connectivity index (χ3n) is 4.39. The summed E-state index contributed by atoms with van der Waals surface area (Å²) < 4.78 is 13.9. The molecule has 1 saturated heterocycles. The highest BCUT2D eigenvalue weighted by atomic mass is 19.1. The summed E-state index contributed by atoms with van der Waals surface area (Å²) in [4.78, 5) is 26.2. The van der Waals surface area contributed by atoms with E-state index in [1.165, 1.54) is 11.0 Å². The van der Waals surface area contributed by atoms with Crippen LogP contribution in [0, 0.1) is 5.82 Å². The lowest BCUT2D eigenvalue weighted by Crippen LogP contribution is -2.66. The second-order valence-electron chi connectivity index (χ2n) is 5.47. The van der Waals surface area contributed by atoms with Crippen LogP contribution in [0.25, 0.3) is 0 Å². The smallest absolute Gasteiger partial charge is 0.249 e. The quantitative estimate of drug-likeness (QED) is 0.926. The first-order valence-corrected chi connectivity index (χ1v) is 7.31. The number of benzene rings is 1. The van der Waals surface area contributed by atoms with E-state index < -0.39 is 11.6 Å². The zero-order valence-electron chi connectivity index (χ0n) is 12.6. The molecule has 0 radical (unpaired) electrons. The molecule has 2 amide bonds. The lowest BCUT2D eigenvalue weighted by atomic mass is 9.87. The van der Waals surface area contributed by atoms with Gasteiger partial charge in [-0.1, -0.05) is 32.0 Å². The summed E-state index contributed by atoms with van der Waals surface area (Å²) in [5.74, 6) is -0.688. The lowest BCUT2D eigenvalue weighted by Gasteiger charge is -2.43. The Morgan fingerprint density at radius 2 is 1.90 bits per heavy atom. The van der Waals surface area contributed by atoms with Crippen LogP contribution < -0.4 is 5.32 Å². The van der Waals surface area contributed by atoms with Crippen LogP contribution in [-0.4, -0.2) is 28.8 Å². The highest BCUT2D eigenvalue weighted by Crippen LogP contribution is 2.30. The van der Waals surface area contributed by atoms with E-state index in [9.17, 15) is 14.0 Å². The van der Waals surface area contributed by atoms with Crippen molar-refractivity contribution in [1.82, 2.24) is 10.2 Å². The van der Waals surface area contributed by atoms with Crippen molar-refractivity contribution < 1.29 is 14.0 Å². The predicted molar refractivity (Wildman–Crippen MR) is 78.0 cm³/mol. The van der Waals surface area contributed by atoms with Crippen LogP contribution in [0.5, 0.6) is 0 Å². The number of hydrogen-bond acceptors (Lipinski definition) is 2. The van der Waals surface area contributed by atoms with Gasteiger partial charge in [0.05, 0.1) is 6.04 Å². The van der Waals surface area contributed by atoms with Crippen molar-refractivity contribution in [2.75, 3.05) is 6.54 Å². The molecule has 4 nitrogen and oxygen atoms in total. The van der Waals surface area contributed by atoms with Crippen LogP contribution in [0.3, 0.4) is 0 Å². The van der Waals surface area contributed by atoms with E-state index in [4.69, 9.17) is 0 Å². The molecule has 21 heavy (non-hydrogen) atoms. The minimum atomic E-state index is -0.866. The largest absolute Gasteiger partial charge is 0.340 e. The Balaban J connectivity index is 2.36. The Hall–Kier alpha value is -1.91. The molecule has 1 unspecified atom stereocenters.